The van der Waals surface area contributed by atoms with Gasteiger partial charge >= 0.3 is 5.97 Å². The number of esters is 1. The van der Waals surface area contributed by atoms with Crippen LogP contribution in [0.25, 0.3) is 0 Å². The first-order chi connectivity index (χ1) is 14.6. The van der Waals surface area contributed by atoms with Crippen molar-refractivity contribution in [3.8, 4) is 0 Å². The number of anilines is 1. The van der Waals surface area contributed by atoms with E-state index in [4.69, 9.17) is 4.74 Å². The number of benzene rings is 2. The Labute approximate surface area is 180 Å². The van der Waals surface area contributed by atoms with Crippen molar-refractivity contribution in [2.24, 2.45) is 0 Å². The van der Waals surface area contributed by atoms with Crippen LogP contribution in [0.2, 0.25) is 0 Å². The van der Waals surface area contributed by atoms with E-state index in [1.807, 2.05) is 0 Å². The maximum Gasteiger partial charge on any atom is 0.338 e. The third kappa shape index (κ3) is 5.86. The Hall–Kier alpha value is -3.31. The van der Waals surface area contributed by atoms with E-state index in [0.29, 0.717) is 0 Å². The average molecular weight is 449 g/mol. The van der Waals surface area contributed by atoms with Crippen LogP contribution < -0.4 is 5.32 Å². The zero-order valence-electron chi connectivity index (χ0n) is 17.3. The summed E-state index contributed by atoms with van der Waals surface area (Å²) in [4.78, 5) is 34.9. The molecular weight excluding hydrogens is 426 g/mol. The van der Waals surface area contributed by atoms with E-state index >= 15 is 0 Å². The van der Waals surface area contributed by atoms with Gasteiger partial charge in [-0.1, -0.05) is 26.0 Å². The molecule has 0 aliphatic heterocycles. The summed E-state index contributed by atoms with van der Waals surface area (Å²) in [6.07, 6.45) is -1.23. The zero-order valence-corrected chi connectivity index (χ0v) is 18.1. The molecule has 1 atom stereocenters. The molecule has 1 amide bonds. The first kappa shape index (κ1) is 24.0. The third-order valence-electron chi connectivity index (χ3n) is 4.39. The van der Waals surface area contributed by atoms with Crippen LogP contribution in [0.5, 0.6) is 0 Å². The van der Waals surface area contributed by atoms with Gasteiger partial charge in [-0.2, -0.15) is 4.31 Å². The molecule has 0 aliphatic rings. The fraction of sp³-hybridized carbons (Fsp3) is 0.300. The molecule has 0 saturated carbocycles. The monoisotopic (exact) mass is 449 g/mol. The number of rotatable bonds is 9. The van der Waals surface area contributed by atoms with E-state index in [2.05, 4.69) is 5.32 Å². The van der Waals surface area contributed by atoms with Crippen molar-refractivity contribution in [3.05, 3.63) is 64.2 Å². The van der Waals surface area contributed by atoms with Crippen molar-refractivity contribution in [2.45, 2.75) is 31.8 Å². The van der Waals surface area contributed by atoms with E-state index in [9.17, 15) is 28.1 Å². The number of ether oxygens (including phenoxy) is 1. The summed E-state index contributed by atoms with van der Waals surface area (Å²) in [5.41, 5.74) is -0.0497. The highest BCUT2D eigenvalue weighted by Crippen LogP contribution is 2.19. The van der Waals surface area contributed by atoms with Crippen molar-refractivity contribution >= 4 is 33.3 Å². The highest BCUT2D eigenvalue weighted by molar-refractivity contribution is 7.89. The van der Waals surface area contributed by atoms with Gasteiger partial charge in [-0.25, -0.2) is 13.2 Å². The Kier molecular flexibility index (Phi) is 7.83. The number of nitrogens with one attached hydrogen (secondary N) is 1. The van der Waals surface area contributed by atoms with Gasteiger partial charge in [0.2, 0.25) is 10.0 Å². The van der Waals surface area contributed by atoms with Crippen molar-refractivity contribution in [3.63, 3.8) is 0 Å². The van der Waals surface area contributed by atoms with Gasteiger partial charge in [0, 0.05) is 30.9 Å². The predicted octanol–water partition coefficient (Wildman–Crippen LogP) is 2.81. The predicted molar refractivity (Wildman–Crippen MR) is 113 cm³/mol. The molecule has 10 nitrogen and oxygen atoms in total. The lowest BCUT2D eigenvalue weighted by Crippen LogP contribution is -2.31. The van der Waals surface area contributed by atoms with Crippen LogP contribution in [0.15, 0.2) is 53.4 Å². The minimum absolute atomic E-state index is 0.0248. The zero-order chi connectivity index (χ0) is 23.2. The molecule has 0 bridgehead atoms. The minimum Gasteiger partial charge on any atom is -0.449 e. The highest BCUT2D eigenvalue weighted by Gasteiger charge is 2.24. The molecule has 0 spiro atoms. The van der Waals surface area contributed by atoms with Gasteiger partial charge in [-0.05, 0) is 31.2 Å². The number of hydrogen-bond acceptors (Lipinski definition) is 7. The second-order valence-corrected chi connectivity index (χ2v) is 8.40. The van der Waals surface area contributed by atoms with Crippen molar-refractivity contribution in [2.75, 3.05) is 18.4 Å². The van der Waals surface area contributed by atoms with Crippen LogP contribution in [-0.4, -0.2) is 48.7 Å². The number of non-ortho nitro benzene ring substituents is 1. The molecule has 0 aromatic heterocycles. The molecule has 31 heavy (non-hydrogen) atoms. The van der Waals surface area contributed by atoms with Gasteiger partial charge in [0.15, 0.2) is 6.10 Å². The molecule has 0 unspecified atom stereocenters. The quantitative estimate of drug-likeness (QED) is 0.353. The SMILES string of the molecule is CCN(CC)S(=O)(=O)c1cccc(C(=O)O[C@@H](C)C(=O)Nc2cccc([N+](=O)[O-])c2)c1. The van der Waals surface area contributed by atoms with Crippen LogP contribution in [-0.2, 0) is 19.6 Å². The summed E-state index contributed by atoms with van der Waals surface area (Å²) in [6, 6.07) is 10.7. The lowest BCUT2D eigenvalue weighted by Gasteiger charge is -2.19. The van der Waals surface area contributed by atoms with Gasteiger partial charge < -0.3 is 10.1 Å². The molecule has 0 aliphatic carbocycles. The van der Waals surface area contributed by atoms with Gasteiger partial charge in [-0.15, -0.1) is 0 Å². The number of nitro groups is 1. The molecule has 0 fully saturated rings. The first-order valence-corrected chi connectivity index (χ1v) is 10.9. The number of carbonyl (C=O) groups excluding carboxylic acids is 2. The summed E-state index contributed by atoms with van der Waals surface area (Å²) in [7, 11) is -3.76. The smallest absolute Gasteiger partial charge is 0.338 e. The normalized spacial score (nSPS) is 12.3. The molecule has 2 aromatic carbocycles. The van der Waals surface area contributed by atoms with Crippen molar-refractivity contribution in [1.82, 2.24) is 4.31 Å². The van der Waals surface area contributed by atoms with Crippen LogP contribution in [0.3, 0.4) is 0 Å². The highest BCUT2D eigenvalue weighted by atomic mass is 32.2. The van der Waals surface area contributed by atoms with E-state index in [1.54, 1.807) is 13.8 Å². The molecule has 1 N–H and O–H groups in total. The maximum atomic E-state index is 12.6. The summed E-state index contributed by atoms with van der Waals surface area (Å²) >= 11 is 0. The number of nitro benzene ring substituents is 1. The number of carbonyl (C=O) groups is 2. The molecule has 0 radical (unpaired) electrons. The minimum atomic E-state index is -3.76. The molecule has 2 aromatic rings. The van der Waals surface area contributed by atoms with Crippen molar-refractivity contribution < 1.29 is 27.7 Å². The number of amides is 1. The summed E-state index contributed by atoms with van der Waals surface area (Å²) < 4.78 is 31.7. The van der Waals surface area contributed by atoms with Crippen LogP contribution in [0.4, 0.5) is 11.4 Å². The van der Waals surface area contributed by atoms with Gasteiger partial charge in [0.05, 0.1) is 15.4 Å². The molecule has 2 rings (SSSR count). The number of nitrogens with zero attached hydrogens (tertiary/aromatic N) is 2. The van der Waals surface area contributed by atoms with E-state index < -0.39 is 32.9 Å². The molecule has 0 saturated heterocycles. The Morgan fingerprint density at radius 2 is 1.77 bits per heavy atom. The summed E-state index contributed by atoms with van der Waals surface area (Å²) in [5, 5.41) is 13.3. The van der Waals surface area contributed by atoms with Gasteiger partial charge in [0.25, 0.3) is 11.6 Å². The lowest BCUT2D eigenvalue weighted by molar-refractivity contribution is -0.384. The van der Waals surface area contributed by atoms with E-state index in [0.717, 1.165) is 0 Å². The Morgan fingerprint density at radius 1 is 1.13 bits per heavy atom. The number of hydrogen-bond donors (Lipinski definition) is 1. The second kappa shape index (κ2) is 10.1. The van der Waals surface area contributed by atoms with E-state index in [1.165, 1.54) is 59.8 Å². The molecular formula is C20H23N3O7S. The Morgan fingerprint density at radius 3 is 2.39 bits per heavy atom. The van der Waals surface area contributed by atoms with Crippen LogP contribution >= 0.6 is 0 Å². The fourth-order valence-electron chi connectivity index (χ4n) is 2.72. The largest absolute Gasteiger partial charge is 0.449 e. The lowest BCUT2D eigenvalue weighted by atomic mass is 10.2. The maximum absolute atomic E-state index is 12.6. The van der Waals surface area contributed by atoms with Crippen LogP contribution in [0, 0.1) is 10.1 Å². The summed E-state index contributed by atoms with van der Waals surface area (Å²) in [5.74, 6) is -1.57. The van der Waals surface area contributed by atoms with Gasteiger partial charge in [-0.3, -0.25) is 14.9 Å². The molecule has 11 heteroatoms. The summed E-state index contributed by atoms with van der Waals surface area (Å²) in [6.45, 7) is 5.31. The van der Waals surface area contributed by atoms with E-state index in [-0.39, 0.29) is 34.9 Å². The number of sulfonamides is 1. The standard InChI is InChI=1S/C20H23N3O7S/c1-4-22(5-2)31(28,29)18-11-6-8-15(12-18)20(25)30-14(3)19(24)21-16-9-7-10-17(13-16)23(26)27/h6-14H,4-5H2,1-3H3,(H,21,24)/t14-/m0/s1. The third-order valence-corrected chi connectivity index (χ3v) is 6.44. The van der Waals surface area contributed by atoms with Crippen LogP contribution in [0.1, 0.15) is 31.1 Å². The van der Waals surface area contributed by atoms with Gasteiger partial charge in [0.1, 0.15) is 0 Å². The molecule has 0 heterocycles. The Balaban J connectivity index is 2.12. The Bertz CT molecular complexity index is 1080. The fourth-order valence-corrected chi connectivity index (χ4v) is 4.22. The molecule has 166 valence electrons. The average Bonchev–Trinajstić information content (AvgIpc) is 2.74. The topological polar surface area (TPSA) is 136 Å². The first-order valence-electron chi connectivity index (χ1n) is 9.46. The van der Waals surface area contributed by atoms with Crippen molar-refractivity contribution in [1.29, 1.82) is 0 Å². The second-order valence-electron chi connectivity index (χ2n) is 6.46.